The van der Waals surface area contributed by atoms with Crippen LogP contribution in [0.4, 0.5) is 0 Å². The predicted molar refractivity (Wildman–Crippen MR) is 84.3 cm³/mol. The van der Waals surface area contributed by atoms with Gasteiger partial charge in [0, 0.05) is 31.0 Å². The Labute approximate surface area is 130 Å². The lowest BCUT2D eigenvalue weighted by Crippen LogP contribution is -2.39. The summed E-state index contributed by atoms with van der Waals surface area (Å²) in [6, 6.07) is 13.1. The molecule has 3 rings (SSSR count). The molecule has 1 N–H and O–H groups in total. The van der Waals surface area contributed by atoms with E-state index in [4.69, 9.17) is 0 Å². The minimum absolute atomic E-state index is 0.0786. The molecule has 1 atom stereocenters. The van der Waals surface area contributed by atoms with E-state index in [2.05, 4.69) is 4.98 Å². The van der Waals surface area contributed by atoms with Gasteiger partial charge in [-0.15, -0.1) is 0 Å². The van der Waals surface area contributed by atoms with Crippen molar-refractivity contribution in [2.45, 2.75) is 18.9 Å². The first-order valence-corrected chi connectivity index (χ1v) is 7.68. The average Bonchev–Trinajstić information content (AvgIpc) is 2.62. The molecule has 4 nitrogen and oxygen atoms in total. The fourth-order valence-electron chi connectivity index (χ4n) is 3.00. The van der Waals surface area contributed by atoms with E-state index in [-0.39, 0.29) is 11.8 Å². The van der Waals surface area contributed by atoms with Gasteiger partial charge in [-0.3, -0.25) is 9.78 Å². The molecule has 0 bridgehead atoms. The molecule has 0 spiro atoms. The van der Waals surface area contributed by atoms with Crippen LogP contribution in [0.2, 0.25) is 0 Å². The van der Waals surface area contributed by atoms with Crippen molar-refractivity contribution < 1.29 is 9.90 Å². The zero-order valence-corrected chi connectivity index (χ0v) is 12.4. The van der Waals surface area contributed by atoms with E-state index in [1.165, 1.54) is 0 Å². The van der Waals surface area contributed by atoms with Crippen LogP contribution in [0.3, 0.4) is 0 Å². The minimum atomic E-state index is -0.498. The number of carbonyl (C=O) groups is 1. The van der Waals surface area contributed by atoms with Crippen LogP contribution >= 0.6 is 0 Å². The fraction of sp³-hybridized carbons (Fsp3) is 0.333. The number of rotatable bonds is 3. The first kappa shape index (κ1) is 14.7. The van der Waals surface area contributed by atoms with Crippen molar-refractivity contribution in [2.75, 3.05) is 13.1 Å². The summed E-state index contributed by atoms with van der Waals surface area (Å²) in [4.78, 5) is 18.3. The molecule has 2 heterocycles. The van der Waals surface area contributed by atoms with E-state index < -0.39 is 6.10 Å². The molecule has 1 aromatic carbocycles. The second-order valence-corrected chi connectivity index (χ2v) is 5.73. The molecule has 22 heavy (non-hydrogen) atoms. The number of aromatic nitrogens is 1. The maximum atomic E-state index is 12.4. The van der Waals surface area contributed by atoms with Crippen molar-refractivity contribution in [3.8, 4) is 0 Å². The smallest absolute Gasteiger partial charge is 0.253 e. The highest BCUT2D eigenvalue weighted by atomic mass is 16.3. The Morgan fingerprint density at radius 2 is 1.86 bits per heavy atom. The number of hydrogen-bond acceptors (Lipinski definition) is 3. The molecule has 4 heteroatoms. The molecule has 1 amide bonds. The van der Waals surface area contributed by atoms with Crippen molar-refractivity contribution in [1.82, 2.24) is 9.88 Å². The third-order valence-corrected chi connectivity index (χ3v) is 4.32. The number of aliphatic hydroxyl groups is 1. The lowest BCUT2D eigenvalue weighted by Gasteiger charge is -2.34. The third-order valence-electron chi connectivity index (χ3n) is 4.32. The summed E-state index contributed by atoms with van der Waals surface area (Å²) in [6.45, 7) is 1.38. The number of hydrogen-bond donors (Lipinski definition) is 1. The van der Waals surface area contributed by atoms with Gasteiger partial charge in [0.1, 0.15) is 0 Å². The van der Waals surface area contributed by atoms with Gasteiger partial charge < -0.3 is 10.0 Å². The SMILES string of the molecule is O=C(c1ccccc1)N1CCC(C(O)c2cccnc2)CC1. The summed E-state index contributed by atoms with van der Waals surface area (Å²) in [6.07, 6.45) is 4.55. The van der Waals surface area contributed by atoms with Gasteiger partial charge in [0.05, 0.1) is 6.10 Å². The van der Waals surface area contributed by atoms with Crippen molar-refractivity contribution in [1.29, 1.82) is 0 Å². The fourth-order valence-corrected chi connectivity index (χ4v) is 3.00. The van der Waals surface area contributed by atoms with Gasteiger partial charge in [-0.2, -0.15) is 0 Å². The summed E-state index contributed by atoms with van der Waals surface area (Å²) in [5, 5.41) is 10.4. The molecule has 1 fully saturated rings. The topological polar surface area (TPSA) is 53.4 Å². The van der Waals surface area contributed by atoms with Gasteiger partial charge in [-0.25, -0.2) is 0 Å². The lowest BCUT2D eigenvalue weighted by atomic mass is 9.88. The third kappa shape index (κ3) is 3.17. The number of carbonyl (C=O) groups excluding carboxylic acids is 1. The van der Waals surface area contributed by atoms with E-state index in [1.807, 2.05) is 47.4 Å². The van der Waals surface area contributed by atoms with Crippen LogP contribution in [0.1, 0.15) is 34.9 Å². The number of pyridine rings is 1. The Morgan fingerprint density at radius 1 is 1.14 bits per heavy atom. The zero-order valence-electron chi connectivity index (χ0n) is 12.4. The van der Waals surface area contributed by atoms with Crippen LogP contribution in [0.15, 0.2) is 54.9 Å². The average molecular weight is 296 g/mol. The van der Waals surface area contributed by atoms with E-state index >= 15 is 0 Å². The second kappa shape index (κ2) is 6.71. The maximum absolute atomic E-state index is 12.4. The number of benzene rings is 1. The Bertz CT molecular complexity index is 607. The highest BCUT2D eigenvalue weighted by Crippen LogP contribution is 2.30. The Morgan fingerprint density at radius 3 is 2.50 bits per heavy atom. The first-order valence-electron chi connectivity index (χ1n) is 7.68. The van der Waals surface area contributed by atoms with Gasteiger partial charge in [0.15, 0.2) is 0 Å². The molecular weight excluding hydrogens is 276 g/mol. The molecule has 2 aromatic rings. The molecule has 1 saturated heterocycles. The standard InChI is InChI=1S/C18H20N2O2/c21-17(16-7-4-10-19-13-16)14-8-11-20(12-9-14)18(22)15-5-2-1-3-6-15/h1-7,10,13-14,17,21H,8-9,11-12H2. The monoisotopic (exact) mass is 296 g/mol. The molecule has 1 unspecified atom stereocenters. The van der Waals surface area contributed by atoms with Crippen LogP contribution in [-0.4, -0.2) is 34.0 Å². The molecule has 114 valence electrons. The molecule has 1 aliphatic heterocycles. The number of piperidine rings is 1. The summed E-state index contributed by atoms with van der Waals surface area (Å²) in [5.74, 6) is 0.263. The van der Waals surface area contributed by atoms with E-state index in [0.29, 0.717) is 13.1 Å². The van der Waals surface area contributed by atoms with Gasteiger partial charge >= 0.3 is 0 Å². The second-order valence-electron chi connectivity index (χ2n) is 5.73. The lowest BCUT2D eigenvalue weighted by molar-refractivity contribution is 0.0461. The van der Waals surface area contributed by atoms with Crippen molar-refractivity contribution in [3.05, 3.63) is 66.0 Å². The quantitative estimate of drug-likeness (QED) is 0.947. The summed E-state index contributed by atoms with van der Waals surface area (Å²) >= 11 is 0. The van der Waals surface area contributed by atoms with E-state index in [0.717, 1.165) is 24.0 Å². The van der Waals surface area contributed by atoms with Crippen LogP contribution in [0.5, 0.6) is 0 Å². The molecule has 1 aliphatic rings. The largest absolute Gasteiger partial charge is 0.388 e. The number of amides is 1. The summed E-state index contributed by atoms with van der Waals surface area (Å²) in [5.41, 5.74) is 1.59. The molecule has 0 aliphatic carbocycles. The minimum Gasteiger partial charge on any atom is -0.388 e. The predicted octanol–water partition coefficient (Wildman–Crippen LogP) is 2.67. The molecule has 1 aromatic heterocycles. The number of likely N-dealkylation sites (tertiary alicyclic amines) is 1. The number of aliphatic hydroxyl groups excluding tert-OH is 1. The van der Waals surface area contributed by atoms with Crippen LogP contribution in [0.25, 0.3) is 0 Å². The maximum Gasteiger partial charge on any atom is 0.253 e. The first-order chi connectivity index (χ1) is 10.8. The zero-order chi connectivity index (χ0) is 15.4. The van der Waals surface area contributed by atoms with Gasteiger partial charge in [-0.05, 0) is 42.5 Å². The number of nitrogens with zero attached hydrogens (tertiary/aromatic N) is 2. The summed E-state index contributed by atoms with van der Waals surface area (Å²) < 4.78 is 0. The van der Waals surface area contributed by atoms with Gasteiger partial charge in [0.2, 0.25) is 0 Å². The van der Waals surface area contributed by atoms with Crippen molar-refractivity contribution in [3.63, 3.8) is 0 Å². The van der Waals surface area contributed by atoms with Crippen molar-refractivity contribution in [2.24, 2.45) is 5.92 Å². The van der Waals surface area contributed by atoms with E-state index in [9.17, 15) is 9.90 Å². The van der Waals surface area contributed by atoms with E-state index in [1.54, 1.807) is 12.4 Å². The van der Waals surface area contributed by atoms with Gasteiger partial charge in [-0.1, -0.05) is 24.3 Å². The Balaban J connectivity index is 1.60. The van der Waals surface area contributed by atoms with Crippen molar-refractivity contribution >= 4 is 5.91 Å². The van der Waals surface area contributed by atoms with Crippen LogP contribution < -0.4 is 0 Å². The molecular formula is C18H20N2O2. The summed E-state index contributed by atoms with van der Waals surface area (Å²) in [7, 11) is 0. The van der Waals surface area contributed by atoms with Gasteiger partial charge in [0.25, 0.3) is 5.91 Å². The Hall–Kier alpha value is -2.20. The Kier molecular flexibility index (Phi) is 4.49. The molecule has 0 saturated carbocycles. The van der Waals surface area contributed by atoms with Crippen LogP contribution in [-0.2, 0) is 0 Å². The molecule has 0 radical (unpaired) electrons. The highest BCUT2D eigenvalue weighted by Gasteiger charge is 2.28. The normalized spacial score (nSPS) is 17.2. The highest BCUT2D eigenvalue weighted by molar-refractivity contribution is 5.94. The van der Waals surface area contributed by atoms with Crippen LogP contribution in [0, 0.1) is 5.92 Å².